The SMILES string of the molecule is Cn1c(=O)/c(=C\c2cccc(F)c2)s/c1=C\C#N. The fraction of sp³-hybridized carbons (Fsp3) is 0.0769. The van der Waals surface area contributed by atoms with Gasteiger partial charge in [0.1, 0.15) is 10.5 Å². The molecule has 90 valence electrons. The van der Waals surface area contributed by atoms with Crippen LogP contribution in [0.1, 0.15) is 5.56 Å². The quantitative estimate of drug-likeness (QED) is 0.758. The summed E-state index contributed by atoms with van der Waals surface area (Å²) in [5, 5.41) is 8.60. The molecule has 5 heteroatoms. The van der Waals surface area contributed by atoms with Gasteiger partial charge in [-0.05, 0) is 23.8 Å². The van der Waals surface area contributed by atoms with E-state index in [2.05, 4.69) is 0 Å². The van der Waals surface area contributed by atoms with Crippen molar-refractivity contribution in [1.29, 1.82) is 5.26 Å². The van der Waals surface area contributed by atoms with Gasteiger partial charge in [-0.1, -0.05) is 12.1 Å². The largest absolute Gasteiger partial charge is 0.301 e. The summed E-state index contributed by atoms with van der Waals surface area (Å²) >= 11 is 1.21. The molecule has 2 aromatic rings. The van der Waals surface area contributed by atoms with Crippen molar-refractivity contribution in [2.75, 3.05) is 0 Å². The third-order valence-corrected chi connectivity index (χ3v) is 3.51. The molecule has 1 aromatic heterocycles. The Labute approximate surface area is 106 Å². The van der Waals surface area contributed by atoms with Crippen LogP contribution in [-0.4, -0.2) is 4.57 Å². The average molecular weight is 260 g/mol. The Morgan fingerprint density at radius 3 is 2.94 bits per heavy atom. The number of nitriles is 1. The lowest BCUT2D eigenvalue weighted by atomic mass is 10.2. The van der Waals surface area contributed by atoms with Crippen LogP contribution in [0.15, 0.2) is 29.1 Å². The number of benzene rings is 1. The Morgan fingerprint density at radius 2 is 2.28 bits per heavy atom. The highest BCUT2D eigenvalue weighted by Gasteiger charge is 2.00. The number of nitrogens with zero attached hydrogens (tertiary/aromatic N) is 2. The van der Waals surface area contributed by atoms with Crippen LogP contribution in [0, 0.1) is 17.1 Å². The van der Waals surface area contributed by atoms with Crippen molar-refractivity contribution in [3.8, 4) is 6.07 Å². The summed E-state index contributed by atoms with van der Waals surface area (Å²) in [4.78, 5) is 11.9. The van der Waals surface area contributed by atoms with Crippen LogP contribution < -0.4 is 14.8 Å². The molecule has 1 heterocycles. The average Bonchev–Trinajstić information content (AvgIpc) is 2.59. The Balaban J connectivity index is 2.67. The zero-order valence-electron chi connectivity index (χ0n) is 9.55. The second-order valence-corrected chi connectivity index (χ2v) is 4.70. The van der Waals surface area contributed by atoms with E-state index >= 15 is 0 Å². The van der Waals surface area contributed by atoms with Crippen molar-refractivity contribution in [2.45, 2.75) is 0 Å². The number of hydrogen-bond acceptors (Lipinski definition) is 3. The molecule has 0 aliphatic carbocycles. The van der Waals surface area contributed by atoms with Gasteiger partial charge in [-0.25, -0.2) is 4.39 Å². The maximum atomic E-state index is 13.0. The molecule has 0 radical (unpaired) electrons. The first-order valence-electron chi connectivity index (χ1n) is 5.15. The van der Waals surface area contributed by atoms with E-state index in [4.69, 9.17) is 5.26 Å². The molecule has 0 bridgehead atoms. The van der Waals surface area contributed by atoms with Gasteiger partial charge in [0, 0.05) is 13.1 Å². The third kappa shape index (κ3) is 2.39. The lowest BCUT2D eigenvalue weighted by Gasteiger charge is -1.90. The minimum atomic E-state index is -0.346. The van der Waals surface area contributed by atoms with Gasteiger partial charge in [-0.15, -0.1) is 11.3 Å². The van der Waals surface area contributed by atoms with Crippen molar-refractivity contribution >= 4 is 23.5 Å². The van der Waals surface area contributed by atoms with Gasteiger partial charge in [0.2, 0.25) is 0 Å². The standard InChI is InChI=1S/C13H9FN2OS/c1-16-12(5-6-15)18-11(13(16)17)8-9-3-2-4-10(14)7-9/h2-5,7-8H,1H3/b11-8+,12-5-. The molecule has 0 atom stereocenters. The maximum Gasteiger partial charge on any atom is 0.268 e. The number of rotatable bonds is 1. The number of thiazole rings is 1. The zero-order valence-corrected chi connectivity index (χ0v) is 10.4. The molecular weight excluding hydrogens is 251 g/mol. The number of halogens is 1. The minimum Gasteiger partial charge on any atom is -0.301 e. The van der Waals surface area contributed by atoms with Gasteiger partial charge in [-0.3, -0.25) is 4.79 Å². The summed E-state index contributed by atoms with van der Waals surface area (Å²) in [6, 6.07) is 7.89. The summed E-state index contributed by atoms with van der Waals surface area (Å²) in [5.41, 5.74) is 0.434. The molecule has 18 heavy (non-hydrogen) atoms. The predicted molar refractivity (Wildman–Crippen MR) is 68.9 cm³/mol. The molecule has 0 saturated heterocycles. The molecule has 0 amide bonds. The topological polar surface area (TPSA) is 45.8 Å². The van der Waals surface area contributed by atoms with Crippen LogP contribution in [0.25, 0.3) is 12.2 Å². The summed E-state index contributed by atoms with van der Waals surface area (Å²) in [5.74, 6) is -0.346. The Hall–Kier alpha value is -2.19. The molecule has 0 unspecified atom stereocenters. The van der Waals surface area contributed by atoms with E-state index in [-0.39, 0.29) is 11.4 Å². The summed E-state index contributed by atoms with van der Waals surface area (Å²) in [7, 11) is 1.60. The van der Waals surface area contributed by atoms with Crippen molar-refractivity contribution in [1.82, 2.24) is 4.57 Å². The summed E-state index contributed by atoms with van der Waals surface area (Å²) in [6.07, 6.45) is 2.93. The first-order chi connectivity index (χ1) is 8.61. The van der Waals surface area contributed by atoms with E-state index in [0.29, 0.717) is 14.8 Å². The van der Waals surface area contributed by atoms with Crippen molar-refractivity contribution in [3.63, 3.8) is 0 Å². The van der Waals surface area contributed by atoms with Gasteiger partial charge >= 0.3 is 0 Å². The van der Waals surface area contributed by atoms with Crippen LogP contribution >= 0.6 is 11.3 Å². The summed E-state index contributed by atoms with van der Waals surface area (Å²) in [6.45, 7) is 0. The highest BCUT2D eigenvalue weighted by molar-refractivity contribution is 7.07. The zero-order chi connectivity index (χ0) is 13.1. The van der Waals surface area contributed by atoms with Gasteiger partial charge in [-0.2, -0.15) is 5.26 Å². The molecule has 2 rings (SSSR count). The predicted octanol–water partition coefficient (Wildman–Crippen LogP) is 0.719. The number of aromatic nitrogens is 1. The van der Waals surface area contributed by atoms with E-state index in [9.17, 15) is 9.18 Å². The van der Waals surface area contributed by atoms with E-state index in [1.54, 1.807) is 25.3 Å². The third-order valence-electron chi connectivity index (χ3n) is 2.39. The van der Waals surface area contributed by atoms with Crippen molar-refractivity contribution in [2.24, 2.45) is 7.05 Å². The second-order valence-electron chi connectivity index (χ2n) is 3.64. The van der Waals surface area contributed by atoms with Crippen LogP contribution in [0.4, 0.5) is 4.39 Å². The Kier molecular flexibility index (Phi) is 3.40. The molecule has 1 aromatic carbocycles. The fourth-order valence-corrected chi connectivity index (χ4v) is 2.49. The molecule has 0 fully saturated rings. The normalized spacial score (nSPS) is 12.7. The lowest BCUT2D eigenvalue weighted by molar-refractivity contribution is 0.627. The molecule has 0 N–H and O–H groups in total. The van der Waals surface area contributed by atoms with Gasteiger partial charge in [0.25, 0.3) is 5.56 Å². The highest BCUT2D eigenvalue weighted by atomic mass is 32.1. The Bertz CT molecular complexity index is 796. The van der Waals surface area contributed by atoms with Crippen LogP contribution in [0.5, 0.6) is 0 Å². The van der Waals surface area contributed by atoms with E-state index in [0.717, 1.165) is 0 Å². The molecular formula is C13H9FN2OS. The van der Waals surface area contributed by atoms with Gasteiger partial charge < -0.3 is 4.57 Å². The first kappa shape index (κ1) is 12.3. The smallest absolute Gasteiger partial charge is 0.268 e. The minimum absolute atomic E-state index is 0.189. The van der Waals surface area contributed by atoms with E-state index in [1.807, 2.05) is 6.07 Å². The molecule has 0 spiro atoms. The van der Waals surface area contributed by atoms with Crippen LogP contribution in [0.2, 0.25) is 0 Å². The molecule has 0 aliphatic rings. The van der Waals surface area contributed by atoms with E-state index in [1.165, 1.54) is 34.1 Å². The summed E-state index contributed by atoms with van der Waals surface area (Å²) < 4.78 is 15.5. The fourth-order valence-electron chi connectivity index (χ4n) is 1.51. The van der Waals surface area contributed by atoms with E-state index < -0.39 is 0 Å². The van der Waals surface area contributed by atoms with Crippen molar-refractivity contribution < 1.29 is 4.39 Å². The highest BCUT2D eigenvalue weighted by Crippen LogP contribution is 2.03. The second kappa shape index (κ2) is 4.98. The Morgan fingerprint density at radius 1 is 1.50 bits per heavy atom. The number of hydrogen-bond donors (Lipinski definition) is 0. The van der Waals surface area contributed by atoms with Crippen LogP contribution in [-0.2, 0) is 7.05 Å². The van der Waals surface area contributed by atoms with Gasteiger partial charge in [0.15, 0.2) is 0 Å². The molecule has 3 nitrogen and oxygen atoms in total. The van der Waals surface area contributed by atoms with Crippen molar-refractivity contribution in [3.05, 3.63) is 55.2 Å². The molecule has 0 aliphatic heterocycles. The van der Waals surface area contributed by atoms with Crippen LogP contribution in [0.3, 0.4) is 0 Å². The lowest BCUT2D eigenvalue weighted by Crippen LogP contribution is -2.28. The molecule has 0 saturated carbocycles. The monoisotopic (exact) mass is 260 g/mol. The van der Waals surface area contributed by atoms with Gasteiger partial charge in [0.05, 0.1) is 10.6 Å². The first-order valence-corrected chi connectivity index (χ1v) is 5.96. The maximum absolute atomic E-state index is 13.0.